The van der Waals surface area contributed by atoms with Gasteiger partial charge in [0, 0.05) is 7.05 Å². The number of esters is 1. The fourth-order valence-electron chi connectivity index (χ4n) is 1.43. The molecule has 0 unspecified atom stereocenters. The van der Waals surface area contributed by atoms with E-state index in [0.29, 0.717) is 0 Å². The van der Waals surface area contributed by atoms with Crippen LogP contribution in [0, 0.1) is 10.1 Å². The molecule has 0 aromatic carbocycles. The second-order valence-electron chi connectivity index (χ2n) is 3.07. The molecule has 1 aromatic heterocycles. The fourth-order valence-corrected chi connectivity index (χ4v) is 1.43. The van der Waals surface area contributed by atoms with Crippen LogP contribution in [-0.2, 0) is 11.8 Å². The van der Waals surface area contributed by atoms with Crippen molar-refractivity contribution in [3.63, 3.8) is 0 Å². The second kappa shape index (κ2) is 4.61. The summed E-state index contributed by atoms with van der Waals surface area (Å²) in [6.45, 7) is 5.35. The van der Waals surface area contributed by atoms with Gasteiger partial charge in [0.1, 0.15) is 5.69 Å². The van der Waals surface area contributed by atoms with Crippen LogP contribution in [0.3, 0.4) is 0 Å². The van der Waals surface area contributed by atoms with E-state index in [4.69, 9.17) is 4.74 Å². The van der Waals surface area contributed by atoms with Gasteiger partial charge in [0.05, 0.1) is 23.3 Å². The largest absolute Gasteiger partial charge is 0.461 e. The average Bonchev–Trinajstić information content (AvgIpc) is 2.55. The highest BCUT2D eigenvalue weighted by Crippen LogP contribution is 2.25. The van der Waals surface area contributed by atoms with Crippen LogP contribution in [0.5, 0.6) is 0 Å². The van der Waals surface area contributed by atoms with Gasteiger partial charge in [-0.2, -0.15) is 0 Å². The molecule has 1 rings (SSSR count). The third-order valence-electron chi connectivity index (χ3n) is 2.07. The van der Waals surface area contributed by atoms with Crippen molar-refractivity contribution < 1.29 is 14.5 Å². The molecular formula is C10H12N2O4. The van der Waals surface area contributed by atoms with Crippen LogP contribution in [0.2, 0.25) is 0 Å². The maximum atomic E-state index is 11.6. The lowest BCUT2D eigenvalue weighted by atomic mass is 10.2. The molecule has 0 bridgehead atoms. The summed E-state index contributed by atoms with van der Waals surface area (Å²) in [6, 6.07) is 0. The van der Waals surface area contributed by atoms with E-state index in [0.717, 1.165) is 0 Å². The van der Waals surface area contributed by atoms with Gasteiger partial charge in [-0.1, -0.05) is 12.7 Å². The quantitative estimate of drug-likeness (QED) is 0.443. The third-order valence-corrected chi connectivity index (χ3v) is 2.07. The third kappa shape index (κ3) is 1.95. The van der Waals surface area contributed by atoms with Crippen LogP contribution in [0.15, 0.2) is 12.8 Å². The molecule has 0 aliphatic carbocycles. The van der Waals surface area contributed by atoms with Gasteiger partial charge in [-0.05, 0) is 6.92 Å². The molecule has 1 aromatic rings. The van der Waals surface area contributed by atoms with Crippen molar-refractivity contribution in [2.24, 2.45) is 7.05 Å². The number of carbonyl (C=O) groups is 1. The topological polar surface area (TPSA) is 74.4 Å². The first-order valence-electron chi connectivity index (χ1n) is 4.66. The SMILES string of the molecule is C=Cc1c([N+](=O)[O-])cn(C)c1C(=O)OCC. The normalized spacial score (nSPS) is 9.88. The molecule has 1 heterocycles. The molecule has 0 atom stereocenters. The highest BCUT2D eigenvalue weighted by atomic mass is 16.6. The summed E-state index contributed by atoms with van der Waals surface area (Å²) >= 11 is 0. The predicted molar refractivity (Wildman–Crippen MR) is 58.1 cm³/mol. The maximum Gasteiger partial charge on any atom is 0.355 e. The molecule has 0 amide bonds. The Hall–Kier alpha value is -2.11. The number of aromatic nitrogens is 1. The molecule has 6 nitrogen and oxygen atoms in total. The van der Waals surface area contributed by atoms with E-state index in [1.54, 1.807) is 14.0 Å². The Morgan fingerprint density at radius 2 is 2.38 bits per heavy atom. The van der Waals surface area contributed by atoms with Gasteiger partial charge in [0.15, 0.2) is 0 Å². The Morgan fingerprint density at radius 3 is 2.81 bits per heavy atom. The summed E-state index contributed by atoms with van der Waals surface area (Å²) in [6.07, 6.45) is 2.55. The number of hydrogen-bond acceptors (Lipinski definition) is 4. The zero-order chi connectivity index (χ0) is 12.3. The number of hydrogen-bond donors (Lipinski definition) is 0. The smallest absolute Gasteiger partial charge is 0.355 e. The van der Waals surface area contributed by atoms with Crippen molar-refractivity contribution in [3.05, 3.63) is 34.1 Å². The minimum absolute atomic E-state index is 0.142. The highest BCUT2D eigenvalue weighted by molar-refractivity contribution is 5.94. The van der Waals surface area contributed by atoms with Crippen molar-refractivity contribution in [1.29, 1.82) is 0 Å². The highest BCUT2D eigenvalue weighted by Gasteiger charge is 2.25. The molecule has 0 aliphatic rings. The second-order valence-corrected chi connectivity index (χ2v) is 3.07. The van der Waals surface area contributed by atoms with Gasteiger partial charge in [0.25, 0.3) is 5.69 Å². The van der Waals surface area contributed by atoms with Crippen molar-refractivity contribution >= 4 is 17.7 Å². The van der Waals surface area contributed by atoms with Gasteiger partial charge in [-0.15, -0.1) is 0 Å². The van der Waals surface area contributed by atoms with Crippen LogP contribution >= 0.6 is 0 Å². The van der Waals surface area contributed by atoms with E-state index in [9.17, 15) is 14.9 Å². The number of nitrogens with zero attached hydrogens (tertiary/aromatic N) is 2. The summed E-state index contributed by atoms with van der Waals surface area (Å²) in [5.74, 6) is -0.590. The summed E-state index contributed by atoms with van der Waals surface area (Å²) < 4.78 is 6.18. The average molecular weight is 224 g/mol. The molecule has 0 aliphatic heterocycles. The summed E-state index contributed by atoms with van der Waals surface area (Å²) in [4.78, 5) is 21.7. The number of nitro groups is 1. The maximum absolute atomic E-state index is 11.6. The molecule has 6 heteroatoms. The van der Waals surface area contributed by atoms with Gasteiger partial charge in [-0.25, -0.2) is 4.79 Å². The monoisotopic (exact) mass is 224 g/mol. The van der Waals surface area contributed by atoms with E-state index in [2.05, 4.69) is 6.58 Å². The Morgan fingerprint density at radius 1 is 1.75 bits per heavy atom. The van der Waals surface area contributed by atoms with Gasteiger partial charge < -0.3 is 9.30 Å². The minimum atomic E-state index is -0.590. The van der Waals surface area contributed by atoms with Gasteiger partial charge in [-0.3, -0.25) is 10.1 Å². The molecule has 0 saturated heterocycles. The van der Waals surface area contributed by atoms with E-state index in [1.807, 2.05) is 0 Å². The molecule has 0 radical (unpaired) electrons. The van der Waals surface area contributed by atoms with E-state index >= 15 is 0 Å². The standard InChI is InChI=1S/C10H12N2O4/c1-4-7-8(12(14)15)6-11(3)9(7)10(13)16-5-2/h4,6H,1,5H2,2-3H3. The Kier molecular flexibility index (Phi) is 3.44. The van der Waals surface area contributed by atoms with Crippen LogP contribution in [-0.4, -0.2) is 22.1 Å². The number of rotatable bonds is 4. The summed E-state index contributed by atoms with van der Waals surface area (Å²) in [5.41, 5.74) is 0.176. The molecule has 0 saturated carbocycles. The van der Waals surface area contributed by atoms with Crippen LogP contribution in [0.25, 0.3) is 6.08 Å². The van der Waals surface area contributed by atoms with Gasteiger partial charge >= 0.3 is 5.97 Å². The molecular weight excluding hydrogens is 212 g/mol. The Bertz CT molecular complexity index is 448. The lowest BCUT2D eigenvalue weighted by Crippen LogP contribution is -2.10. The molecule has 0 N–H and O–H groups in total. The van der Waals surface area contributed by atoms with E-state index in [-0.39, 0.29) is 23.6 Å². The fraction of sp³-hybridized carbons (Fsp3) is 0.300. The number of carbonyl (C=O) groups excluding carboxylic acids is 1. The lowest BCUT2D eigenvalue weighted by molar-refractivity contribution is -0.385. The van der Waals surface area contributed by atoms with Crippen molar-refractivity contribution in [2.75, 3.05) is 6.61 Å². The zero-order valence-electron chi connectivity index (χ0n) is 9.10. The van der Waals surface area contributed by atoms with Crippen molar-refractivity contribution in [2.45, 2.75) is 6.92 Å². The molecule has 86 valence electrons. The Balaban J connectivity index is 3.33. The zero-order valence-corrected chi connectivity index (χ0v) is 9.10. The van der Waals surface area contributed by atoms with Crippen LogP contribution < -0.4 is 0 Å². The molecule has 0 fully saturated rings. The van der Waals surface area contributed by atoms with Crippen molar-refractivity contribution in [1.82, 2.24) is 4.57 Å². The first-order valence-corrected chi connectivity index (χ1v) is 4.66. The van der Waals surface area contributed by atoms with Crippen LogP contribution in [0.4, 0.5) is 5.69 Å². The number of ether oxygens (including phenoxy) is 1. The number of aryl methyl sites for hydroxylation is 1. The molecule has 0 spiro atoms. The summed E-state index contributed by atoms with van der Waals surface area (Å²) in [7, 11) is 1.55. The first kappa shape index (κ1) is 12.0. The first-order chi connectivity index (χ1) is 7.52. The van der Waals surface area contributed by atoms with Crippen molar-refractivity contribution in [3.8, 4) is 0 Å². The lowest BCUT2D eigenvalue weighted by Gasteiger charge is -2.03. The predicted octanol–water partition coefficient (Wildman–Crippen LogP) is 1.75. The van der Waals surface area contributed by atoms with Gasteiger partial charge in [0.2, 0.25) is 0 Å². The Labute approximate surface area is 92.3 Å². The molecule has 16 heavy (non-hydrogen) atoms. The summed E-state index contributed by atoms with van der Waals surface area (Å²) in [5, 5.41) is 10.7. The van der Waals surface area contributed by atoms with E-state index < -0.39 is 10.9 Å². The van der Waals surface area contributed by atoms with Crippen LogP contribution in [0.1, 0.15) is 23.0 Å². The minimum Gasteiger partial charge on any atom is -0.461 e. The van der Waals surface area contributed by atoms with E-state index in [1.165, 1.54) is 16.8 Å².